The summed E-state index contributed by atoms with van der Waals surface area (Å²) in [5.41, 5.74) is 1.81. The first-order chi connectivity index (χ1) is 14.7. The van der Waals surface area contributed by atoms with E-state index in [4.69, 9.17) is 4.74 Å². The molecule has 0 bridgehead atoms. The average Bonchev–Trinajstić information content (AvgIpc) is 3.19. The first-order valence-corrected chi connectivity index (χ1v) is 11.3. The van der Waals surface area contributed by atoms with Crippen molar-refractivity contribution in [1.82, 2.24) is 0 Å². The Balaban J connectivity index is 1.47. The number of carbonyl (C=O) groups is 1. The Morgan fingerprint density at radius 3 is 2.30 bits per heavy atom. The fourth-order valence-electron chi connectivity index (χ4n) is 4.22. The number of methoxy groups -OCH3 is 1. The van der Waals surface area contributed by atoms with Crippen LogP contribution >= 0.6 is 23.5 Å². The Kier molecular flexibility index (Phi) is 4.05. The largest absolute Gasteiger partial charge is 0.465 e. The van der Waals surface area contributed by atoms with Gasteiger partial charge in [-0.15, -0.1) is 0 Å². The molecule has 0 aromatic heterocycles. The van der Waals surface area contributed by atoms with Crippen LogP contribution in [0, 0.1) is 0 Å². The standard InChI is InChI=1S/C26H16O2S2/c1-28-26(27)19-10-12-21-22(13-19)30-23(29-21)14-18-8-7-17-6-5-15-3-2-4-16-9-11-20(18)25(17)24(15)16/h2-14H,1H3/b23-14+. The van der Waals surface area contributed by atoms with Gasteiger partial charge in [-0.05, 0) is 62.2 Å². The molecule has 1 aliphatic rings. The van der Waals surface area contributed by atoms with Gasteiger partial charge >= 0.3 is 5.97 Å². The van der Waals surface area contributed by atoms with E-state index in [1.54, 1.807) is 23.5 Å². The summed E-state index contributed by atoms with van der Waals surface area (Å²) in [6.07, 6.45) is 2.26. The zero-order valence-electron chi connectivity index (χ0n) is 16.1. The Morgan fingerprint density at radius 2 is 1.50 bits per heavy atom. The second-order valence-electron chi connectivity index (χ2n) is 7.33. The number of hydrogen-bond acceptors (Lipinski definition) is 4. The van der Waals surface area contributed by atoms with Crippen LogP contribution in [0.2, 0.25) is 0 Å². The van der Waals surface area contributed by atoms with E-state index in [2.05, 4.69) is 60.7 Å². The SMILES string of the molecule is COC(=O)c1ccc2c(c1)S/C(=C/c1ccc3ccc4cccc5ccc1c3c45)S2. The molecular formula is C26H16O2S2. The van der Waals surface area contributed by atoms with Crippen molar-refractivity contribution < 1.29 is 9.53 Å². The summed E-state index contributed by atoms with van der Waals surface area (Å²) in [5, 5.41) is 7.78. The van der Waals surface area contributed by atoms with Crippen molar-refractivity contribution >= 4 is 67.9 Å². The first-order valence-electron chi connectivity index (χ1n) is 9.67. The van der Waals surface area contributed by atoms with Crippen LogP contribution in [0.15, 0.2) is 86.8 Å². The molecule has 0 saturated carbocycles. The summed E-state index contributed by atoms with van der Waals surface area (Å²) in [6, 6.07) is 25.6. The minimum atomic E-state index is -0.299. The van der Waals surface area contributed by atoms with Crippen LogP contribution in [-0.4, -0.2) is 13.1 Å². The zero-order valence-corrected chi connectivity index (χ0v) is 17.8. The molecule has 0 saturated heterocycles. The van der Waals surface area contributed by atoms with Gasteiger partial charge in [0, 0.05) is 9.79 Å². The van der Waals surface area contributed by atoms with Crippen molar-refractivity contribution in [2.45, 2.75) is 9.79 Å². The number of benzene rings is 5. The molecule has 1 heterocycles. The molecule has 2 nitrogen and oxygen atoms in total. The van der Waals surface area contributed by atoms with Gasteiger partial charge in [0.05, 0.1) is 16.9 Å². The van der Waals surface area contributed by atoms with Gasteiger partial charge in [-0.2, -0.15) is 0 Å². The fourth-order valence-corrected chi connectivity index (χ4v) is 6.63. The highest BCUT2D eigenvalue weighted by Gasteiger charge is 2.20. The number of carbonyl (C=O) groups excluding carboxylic acids is 1. The van der Waals surface area contributed by atoms with Crippen molar-refractivity contribution in [3.8, 4) is 0 Å². The van der Waals surface area contributed by atoms with Crippen LogP contribution in [0.25, 0.3) is 38.4 Å². The van der Waals surface area contributed by atoms with Gasteiger partial charge in [0.25, 0.3) is 0 Å². The van der Waals surface area contributed by atoms with Gasteiger partial charge < -0.3 is 4.74 Å². The minimum absolute atomic E-state index is 0.299. The lowest BCUT2D eigenvalue weighted by Gasteiger charge is -2.12. The van der Waals surface area contributed by atoms with Crippen LogP contribution in [0.3, 0.4) is 0 Å². The van der Waals surface area contributed by atoms with Crippen molar-refractivity contribution in [1.29, 1.82) is 0 Å². The molecule has 0 spiro atoms. The Bertz CT molecular complexity index is 1480. The third kappa shape index (κ3) is 2.72. The molecule has 0 aliphatic carbocycles. The van der Waals surface area contributed by atoms with Crippen LogP contribution in [0.1, 0.15) is 15.9 Å². The molecule has 0 radical (unpaired) electrons. The maximum Gasteiger partial charge on any atom is 0.337 e. The number of fused-ring (bicyclic) bond motifs is 1. The quantitative estimate of drug-likeness (QED) is 0.216. The van der Waals surface area contributed by atoms with E-state index < -0.39 is 0 Å². The lowest BCUT2D eigenvalue weighted by Crippen LogP contribution is -2.00. The van der Waals surface area contributed by atoms with E-state index in [0.29, 0.717) is 5.56 Å². The monoisotopic (exact) mass is 424 g/mol. The van der Waals surface area contributed by atoms with Crippen LogP contribution < -0.4 is 0 Å². The fraction of sp³-hybridized carbons (Fsp3) is 0.0385. The van der Waals surface area contributed by atoms with Gasteiger partial charge in [-0.3, -0.25) is 0 Å². The Hall–Kier alpha value is -2.95. The van der Waals surface area contributed by atoms with Gasteiger partial charge in [0.1, 0.15) is 0 Å². The highest BCUT2D eigenvalue weighted by Crippen LogP contribution is 2.52. The summed E-state index contributed by atoms with van der Waals surface area (Å²) < 4.78 is 6.06. The molecule has 5 aromatic carbocycles. The summed E-state index contributed by atoms with van der Waals surface area (Å²) in [5.74, 6) is -0.299. The third-order valence-corrected chi connectivity index (χ3v) is 8.02. The van der Waals surface area contributed by atoms with E-state index in [1.807, 2.05) is 18.2 Å². The highest BCUT2D eigenvalue weighted by molar-refractivity contribution is 8.24. The molecule has 1 aliphatic heterocycles. The first kappa shape index (κ1) is 17.9. The molecule has 0 fully saturated rings. The summed E-state index contributed by atoms with van der Waals surface area (Å²) >= 11 is 3.46. The lowest BCUT2D eigenvalue weighted by molar-refractivity contribution is 0.0600. The molecule has 30 heavy (non-hydrogen) atoms. The molecule has 6 rings (SSSR count). The van der Waals surface area contributed by atoms with E-state index in [-0.39, 0.29) is 5.97 Å². The number of rotatable bonds is 2. The van der Waals surface area contributed by atoms with E-state index in [9.17, 15) is 4.79 Å². The summed E-state index contributed by atoms with van der Waals surface area (Å²) in [6.45, 7) is 0. The zero-order chi connectivity index (χ0) is 20.2. The van der Waals surface area contributed by atoms with Gasteiger partial charge in [-0.25, -0.2) is 4.79 Å². The molecule has 0 amide bonds. The number of thioether (sulfide) groups is 2. The van der Waals surface area contributed by atoms with Gasteiger partial charge in [0.2, 0.25) is 0 Å². The van der Waals surface area contributed by atoms with Crippen molar-refractivity contribution in [3.05, 3.63) is 88.2 Å². The topological polar surface area (TPSA) is 26.3 Å². The summed E-state index contributed by atoms with van der Waals surface area (Å²) in [4.78, 5) is 14.1. The number of ether oxygens (including phenoxy) is 1. The molecule has 0 N–H and O–H groups in total. The van der Waals surface area contributed by atoms with Crippen LogP contribution in [-0.2, 0) is 4.74 Å². The van der Waals surface area contributed by atoms with E-state index in [0.717, 1.165) is 4.90 Å². The lowest BCUT2D eigenvalue weighted by atomic mass is 9.92. The maximum atomic E-state index is 11.8. The average molecular weight is 425 g/mol. The number of hydrogen-bond donors (Lipinski definition) is 0. The molecule has 144 valence electrons. The van der Waals surface area contributed by atoms with Crippen molar-refractivity contribution in [3.63, 3.8) is 0 Å². The van der Waals surface area contributed by atoms with E-state index >= 15 is 0 Å². The minimum Gasteiger partial charge on any atom is -0.465 e. The predicted molar refractivity (Wildman–Crippen MR) is 128 cm³/mol. The molecule has 4 heteroatoms. The maximum absolute atomic E-state index is 11.8. The number of esters is 1. The third-order valence-electron chi connectivity index (χ3n) is 5.62. The van der Waals surface area contributed by atoms with E-state index in [1.165, 1.54) is 54.1 Å². The normalized spacial score (nSPS) is 14.8. The summed E-state index contributed by atoms with van der Waals surface area (Å²) in [7, 11) is 1.41. The second kappa shape index (κ2) is 6.79. The molecular weight excluding hydrogens is 408 g/mol. The van der Waals surface area contributed by atoms with Gasteiger partial charge in [0.15, 0.2) is 0 Å². The smallest absolute Gasteiger partial charge is 0.337 e. The highest BCUT2D eigenvalue weighted by atomic mass is 32.2. The molecule has 0 unspecified atom stereocenters. The Morgan fingerprint density at radius 1 is 0.800 bits per heavy atom. The second-order valence-corrected chi connectivity index (χ2v) is 9.76. The van der Waals surface area contributed by atoms with Crippen LogP contribution in [0.5, 0.6) is 0 Å². The molecule has 5 aromatic rings. The van der Waals surface area contributed by atoms with Crippen molar-refractivity contribution in [2.75, 3.05) is 7.11 Å². The van der Waals surface area contributed by atoms with Gasteiger partial charge in [-0.1, -0.05) is 78.1 Å². The Labute approximate surface area is 182 Å². The van der Waals surface area contributed by atoms with Crippen LogP contribution in [0.4, 0.5) is 0 Å². The predicted octanol–water partition coefficient (Wildman–Crippen LogP) is 7.57. The van der Waals surface area contributed by atoms with Crippen molar-refractivity contribution in [2.24, 2.45) is 0 Å². The molecule has 0 atom stereocenters.